The molecule has 0 saturated heterocycles. The van der Waals surface area contributed by atoms with Gasteiger partial charge in [0.05, 0.1) is 0 Å². The van der Waals surface area contributed by atoms with Crippen LogP contribution < -0.4 is 5.73 Å². The average molecular weight is 263 g/mol. The topological polar surface area (TPSA) is 41.8 Å². The van der Waals surface area contributed by atoms with Crippen LogP contribution in [0.3, 0.4) is 0 Å². The SMILES string of the molecule is Cc1[nH]c2ccc(Cl)cc2c1C1CCCC(N)C1. The van der Waals surface area contributed by atoms with E-state index in [-0.39, 0.29) is 0 Å². The Morgan fingerprint density at radius 3 is 2.94 bits per heavy atom. The van der Waals surface area contributed by atoms with Gasteiger partial charge < -0.3 is 10.7 Å². The van der Waals surface area contributed by atoms with Crippen LogP contribution in [-0.2, 0) is 0 Å². The number of nitrogens with two attached hydrogens (primary N) is 1. The fourth-order valence-electron chi connectivity index (χ4n) is 3.34. The van der Waals surface area contributed by atoms with E-state index in [9.17, 15) is 0 Å². The van der Waals surface area contributed by atoms with Crippen LogP contribution in [-0.4, -0.2) is 11.0 Å². The van der Waals surface area contributed by atoms with Crippen molar-refractivity contribution in [3.63, 3.8) is 0 Å². The smallest absolute Gasteiger partial charge is 0.0460 e. The lowest BCUT2D eigenvalue weighted by Crippen LogP contribution is -2.27. The minimum atomic E-state index is 0.354. The molecule has 96 valence electrons. The van der Waals surface area contributed by atoms with Crippen LogP contribution in [0.1, 0.15) is 42.9 Å². The number of aryl methyl sites for hydroxylation is 1. The van der Waals surface area contributed by atoms with E-state index in [2.05, 4.69) is 24.0 Å². The number of halogens is 1. The summed E-state index contributed by atoms with van der Waals surface area (Å²) < 4.78 is 0. The molecule has 0 bridgehead atoms. The lowest BCUT2D eigenvalue weighted by molar-refractivity contribution is 0.394. The molecule has 3 N–H and O–H groups in total. The number of rotatable bonds is 1. The number of nitrogens with one attached hydrogen (secondary N) is 1. The molecule has 3 heteroatoms. The molecule has 2 atom stereocenters. The molecule has 0 aliphatic heterocycles. The summed E-state index contributed by atoms with van der Waals surface area (Å²) in [5.41, 5.74) is 10.0. The van der Waals surface area contributed by atoms with E-state index in [1.807, 2.05) is 6.07 Å². The van der Waals surface area contributed by atoms with Crippen LogP contribution in [0.2, 0.25) is 5.02 Å². The van der Waals surface area contributed by atoms with Crippen molar-refractivity contribution in [1.29, 1.82) is 0 Å². The maximum atomic E-state index is 6.13. The Morgan fingerprint density at radius 1 is 1.33 bits per heavy atom. The molecule has 3 rings (SSSR count). The van der Waals surface area contributed by atoms with Crippen molar-refractivity contribution in [2.24, 2.45) is 5.73 Å². The molecular formula is C15H19ClN2. The second-order valence-corrected chi connectivity index (χ2v) is 5.91. The van der Waals surface area contributed by atoms with Gasteiger partial charge in [0.25, 0.3) is 0 Å². The summed E-state index contributed by atoms with van der Waals surface area (Å²) in [4.78, 5) is 3.47. The number of benzene rings is 1. The summed E-state index contributed by atoms with van der Waals surface area (Å²) in [6, 6.07) is 6.44. The summed E-state index contributed by atoms with van der Waals surface area (Å²) >= 11 is 6.13. The minimum absolute atomic E-state index is 0.354. The second kappa shape index (κ2) is 4.60. The first-order valence-corrected chi connectivity index (χ1v) is 7.06. The highest BCUT2D eigenvalue weighted by Crippen LogP contribution is 2.38. The molecule has 1 aliphatic carbocycles. The molecular weight excluding hydrogens is 244 g/mol. The zero-order valence-electron chi connectivity index (χ0n) is 10.7. The van der Waals surface area contributed by atoms with E-state index in [0.29, 0.717) is 12.0 Å². The normalized spacial score (nSPS) is 24.6. The molecule has 1 aromatic heterocycles. The average Bonchev–Trinajstić information content (AvgIpc) is 2.64. The first kappa shape index (κ1) is 12.1. The third-order valence-corrected chi connectivity index (χ3v) is 4.36. The van der Waals surface area contributed by atoms with Crippen molar-refractivity contribution >= 4 is 22.5 Å². The van der Waals surface area contributed by atoms with E-state index in [1.54, 1.807) is 0 Å². The predicted molar refractivity (Wildman–Crippen MR) is 77.2 cm³/mol. The van der Waals surface area contributed by atoms with Gasteiger partial charge in [-0.15, -0.1) is 0 Å². The van der Waals surface area contributed by atoms with Crippen molar-refractivity contribution < 1.29 is 0 Å². The van der Waals surface area contributed by atoms with Crippen LogP contribution in [0.15, 0.2) is 18.2 Å². The van der Waals surface area contributed by atoms with Gasteiger partial charge in [-0.05, 0) is 55.9 Å². The summed E-state index contributed by atoms with van der Waals surface area (Å²) in [7, 11) is 0. The van der Waals surface area contributed by atoms with Crippen molar-refractivity contribution in [3.05, 3.63) is 34.5 Å². The lowest BCUT2D eigenvalue weighted by atomic mass is 9.80. The Balaban J connectivity index is 2.09. The highest BCUT2D eigenvalue weighted by Gasteiger charge is 2.24. The molecule has 1 saturated carbocycles. The van der Waals surface area contributed by atoms with Gasteiger partial charge in [-0.3, -0.25) is 0 Å². The van der Waals surface area contributed by atoms with E-state index in [4.69, 9.17) is 17.3 Å². The second-order valence-electron chi connectivity index (χ2n) is 5.48. The van der Waals surface area contributed by atoms with Gasteiger partial charge in [0, 0.05) is 27.7 Å². The van der Waals surface area contributed by atoms with Gasteiger partial charge in [-0.25, -0.2) is 0 Å². The van der Waals surface area contributed by atoms with Crippen molar-refractivity contribution in [1.82, 2.24) is 4.98 Å². The third-order valence-electron chi connectivity index (χ3n) is 4.12. The minimum Gasteiger partial charge on any atom is -0.358 e. The maximum absolute atomic E-state index is 6.13. The largest absolute Gasteiger partial charge is 0.358 e. The van der Waals surface area contributed by atoms with Crippen molar-refractivity contribution in [3.8, 4) is 0 Å². The maximum Gasteiger partial charge on any atom is 0.0460 e. The van der Waals surface area contributed by atoms with Crippen molar-refractivity contribution in [2.45, 2.75) is 44.6 Å². The molecule has 1 aromatic carbocycles. The number of hydrogen-bond acceptors (Lipinski definition) is 1. The number of hydrogen-bond donors (Lipinski definition) is 2. The summed E-state index contributed by atoms with van der Waals surface area (Å²) in [6.07, 6.45) is 4.74. The highest BCUT2D eigenvalue weighted by atomic mass is 35.5. The number of H-pyrrole nitrogens is 1. The fourth-order valence-corrected chi connectivity index (χ4v) is 3.51. The number of fused-ring (bicyclic) bond motifs is 1. The highest BCUT2D eigenvalue weighted by molar-refractivity contribution is 6.31. The van der Waals surface area contributed by atoms with Crippen LogP contribution >= 0.6 is 11.6 Å². The van der Waals surface area contributed by atoms with Gasteiger partial charge >= 0.3 is 0 Å². The Hall–Kier alpha value is -0.990. The van der Waals surface area contributed by atoms with E-state index >= 15 is 0 Å². The molecule has 1 aliphatic rings. The van der Waals surface area contributed by atoms with Gasteiger partial charge in [-0.2, -0.15) is 0 Å². The summed E-state index contributed by atoms with van der Waals surface area (Å²) in [5.74, 6) is 0.584. The van der Waals surface area contributed by atoms with E-state index in [0.717, 1.165) is 11.4 Å². The van der Waals surface area contributed by atoms with Crippen LogP contribution in [0.4, 0.5) is 0 Å². The first-order valence-electron chi connectivity index (χ1n) is 6.68. The Bertz CT molecular complexity index is 573. The van der Waals surface area contributed by atoms with Crippen LogP contribution in [0, 0.1) is 6.92 Å². The number of aromatic nitrogens is 1. The monoisotopic (exact) mass is 262 g/mol. The van der Waals surface area contributed by atoms with Crippen molar-refractivity contribution in [2.75, 3.05) is 0 Å². The Kier molecular flexibility index (Phi) is 3.08. The summed E-state index contributed by atoms with van der Waals surface area (Å²) in [5, 5.41) is 2.09. The Morgan fingerprint density at radius 2 is 2.17 bits per heavy atom. The Labute approximate surface area is 113 Å². The molecule has 2 unspecified atom stereocenters. The quantitative estimate of drug-likeness (QED) is 0.798. The third kappa shape index (κ3) is 2.04. The molecule has 18 heavy (non-hydrogen) atoms. The zero-order chi connectivity index (χ0) is 12.7. The van der Waals surface area contributed by atoms with Crippen LogP contribution in [0.25, 0.3) is 10.9 Å². The molecule has 2 nitrogen and oxygen atoms in total. The van der Waals surface area contributed by atoms with Gasteiger partial charge in [-0.1, -0.05) is 18.0 Å². The van der Waals surface area contributed by atoms with Gasteiger partial charge in [0.2, 0.25) is 0 Å². The van der Waals surface area contributed by atoms with Gasteiger partial charge in [0.1, 0.15) is 0 Å². The van der Waals surface area contributed by atoms with Gasteiger partial charge in [0.15, 0.2) is 0 Å². The first-order chi connectivity index (χ1) is 8.65. The standard InChI is InChI=1S/C15H19ClN2/c1-9-15(10-3-2-4-12(17)7-10)13-8-11(16)5-6-14(13)18-9/h5-6,8,10,12,18H,2-4,7,17H2,1H3. The number of aromatic amines is 1. The molecule has 0 spiro atoms. The predicted octanol–water partition coefficient (Wildman–Crippen LogP) is 4.11. The van der Waals surface area contributed by atoms with E-state index < -0.39 is 0 Å². The zero-order valence-corrected chi connectivity index (χ0v) is 11.4. The molecule has 1 heterocycles. The molecule has 0 amide bonds. The molecule has 0 radical (unpaired) electrons. The summed E-state index contributed by atoms with van der Waals surface area (Å²) in [6.45, 7) is 2.16. The lowest BCUT2D eigenvalue weighted by Gasteiger charge is -2.27. The molecule has 2 aromatic rings. The van der Waals surface area contributed by atoms with Crippen LogP contribution in [0.5, 0.6) is 0 Å². The molecule has 1 fully saturated rings. The van der Waals surface area contributed by atoms with E-state index in [1.165, 1.54) is 41.4 Å². The fraction of sp³-hybridized carbons (Fsp3) is 0.467.